The van der Waals surface area contributed by atoms with Crippen LogP contribution in [0.25, 0.3) is 0 Å². The number of sulfonamides is 1. The Kier molecular flexibility index (Phi) is 7.83. The van der Waals surface area contributed by atoms with Crippen molar-refractivity contribution in [3.05, 3.63) is 52.1 Å². The Hall–Kier alpha value is -1.56. The Balaban J connectivity index is 1.64. The van der Waals surface area contributed by atoms with E-state index in [1.165, 1.54) is 31.3 Å². The highest BCUT2D eigenvalue weighted by atomic mass is 35.5. The molecule has 3 rings (SSSR count). The van der Waals surface area contributed by atoms with Gasteiger partial charge >= 0.3 is 0 Å². The molecule has 0 bridgehead atoms. The summed E-state index contributed by atoms with van der Waals surface area (Å²) in [5, 5.41) is 2.81. The maximum atomic E-state index is 13.3. The van der Waals surface area contributed by atoms with Crippen LogP contribution in [-0.4, -0.2) is 70.0 Å². The van der Waals surface area contributed by atoms with Gasteiger partial charge < -0.3 is 10.1 Å². The van der Waals surface area contributed by atoms with E-state index < -0.39 is 15.9 Å². The van der Waals surface area contributed by atoms with Crippen LogP contribution in [0, 0.1) is 5.82 Å². The van der Waals surface area contributed by atoms with E-state index in [-0.39, 0.29) is 29.2 Å². The van der Waals surface area contributed by atoms with Crippen LogP contribution >= 0.6 is 22.9 Å². The number of amides is 1. The molecule has 2 heterocycles. The molecule has 11 heteroatoms. The van der Waals surface area contributed by atoms with Crippen molar-refractivity contribution < 1.29 is 22.3 Å². The monoisotopic (exact) mass is 475 g/mol. The zero-order valence-corrected chi connectivity index (χ0v) is 18.8. The molecular weight excluding hydrogens is 453 g/mol. The molecule has 0 spiro atoms. The number of ether oxygens (including phenoxy) is 1. The number of benzene rings is 1. The molecular formula is C19H23ClFN3O4S2. The molecule has 1 fully saturated rings. The van der Waals surface area contributed by atoms with E-state index in [0.29, 0.717) is 30.6 Å². The smallest absolute Gasteiger partial charge is 0.252 e. The Morgan fingerprint density at radius 1 is 1.27 bits per heavy atom. The third-order valence-corrected chi connectivity index (χ3v) is 8.32. The van der Waals surface area contributed by atoms with Crippen LogP contribution in [0.1, 0.15) is 11.6 Å². The summed E-state index contributed by atoms with van der Waals surface area (Å²) >= 11 is 6.76. The van der Waals surface area contributed by atoms with Crippen molar-refractivity contribution in [2.75, 3.05) is 46.4 Å². The fraction of sp³-hybridized carbons (Fsp3) is 0.421. The average molecular weight is 476 g/mol. The number of morpholine rings is 1. The lowest BCUT2D eigenvalue weighted by molar-refractivity contribution is -0.121. The summed E-state index contributed by atoms with van der Waals surface area (Å²) < 4.78 is 45.3. The molecule has 1 unspecified atom stereocenters. The minimum absolute atomic E-state index is 0.0836. The Bertz CT molecular complexity index is 962. The van der Waals surface area contributed by atoms with E-state index in [1.54, 1.807) is 12.1 Å². The molecule has 164 valence electrons. The number of nitrogens with zero attached hydrogens (tertiary/aromatic N) is 2. The maximum Gasteiger partial charge on any atom is 0.252 e. The number of hydrogen-bond donors (Lipinski definition) is 1. The molecule has 1 N–H and O–H groups in total. The summed E-state index contributed by atoms with van der Waals surface area (Å²) in [6.07, 6.45) is 0. The summed E-state index contributed by atoms with van der Waals surface area (Å²) in [5.74, 6) is -0.756. The van der Waals surface area contributed by atoms with Gasteiger partial charge in [-0.2, -0.15) is 4.31 Å². The van der Waals surface area contributed by atoms with Crippen LogP contribution in [0.2, 0.25) is 4.34 Å². The van der Waals surface area contributed by atoms with E-state index >= 15 is 0 Å². The van der Waals surface area contributed by atoms with Crippen molar-refractivity contribution >= 4 is 38.9 Å². The van der Waals surface area contributed by atoms with Gasteiger partial charge in [0.2, 0.25) is 5.91 Å². The first-order valence-corrected chi connectivity index (χ1v) is 12.0. The van der Waals surface area contributed by atoms with E-state index in [4.69, 9.17) is 16.3 Å². The summed E-state index contributed by atoms with van der Waals surface area (Å²) in [6.45, 7) is 2.48. The van der Waals surface area contributed by atoms with Gasteiger partial charge in [0.1, 0.15) is 10.0 Å². The highest BCUT2D eigenvalue weighted by Gasteiger charge is 2.26. The first-order valence-electron chi connectivity index (χ1n) is 9.33. The predicted octanol–water partition coefficient (Wildman–Crippen LogP) is 2.35. The molecule has 1 aromatic heterocycles. The second-order valence-electron chi connectivity index (χ2n) is 6.84. The number of halogens is 2. The van der Waals surface area contributed by atoms with Gasteiger partial charge in [0, 0.05) is 26.7 Å². The van der Waals surface area contributed by atoms with E-state index in [2.05, 4.69) is 10.2 Å². The third kappa shape index (κ3) is 5.77. The fourth-order valence-corrected chi connectivity index (χ4v) is 6.00. The van der Waals surface area contributed by atoms with Gasteiger partial charge in [-0.3, -0.25) is 9.69 Å². The second kappa shape index (κ2) is 10.2. The standard InChI is InChI=1S/C19H23ClFN3O4S2/c1-23(30(26,27)19-7-6-17(20)29-19)13-18(25)22-12-16(24-8-10-28-11-9-24)14-2-4-15(21)5-3-14/h2-7,16H,8-13H2,1H3,(H,22,25). The number of nitrogens with one attached hydrogen (secondary N) is 1. The van der Waals surface area contributed by atoms with Gasteiger partial charge in [-0.05, 0) is 29.8 Å². The second-order valence-corrected chi connectivity index (χ2v) is 10.8. The zero-order valence-electron chi connectivity index (χ0n) is 16.4. The molecule has 7 nitrogen and oxygen atoms in total. The molecule has 1 aromatic carbocycles. The SMILES string of the molecule is CN(CC(=O)NCC(c1ccc(F)cc1)N1CCOCC1)S(=O)(=O)c1ccc(Cl)s1. The molecule has 1 saturated heterocycles. The van der Waals surface area contributed by atoms with Crippen LogP contribution in [-0.2, 0) is 19.6 Å². The van der Waals surface area contributed by atoms with Crippen molar-refractivity contribution in [1.29, 1.82) is 0 Å². The van der Waals surface area contributed by atoms with Crippen molar-refractivity contribution in [1.82, 2.24) is 14.5 Å². The zero-order chi connectivity index (χ0) is 21.7. The minimum atomic E-state index is -3.79. The lowest BCUT2D eigenvalue weighted by Gasteiger charge is -2.35. The number of likely N-dealkylation sites (N-methyl/N-ethyl adjacent to an activating group) is 1. The maximum absolute atomic E-state index is 13.3. The predicted molar refractivity (Wildman–Crippen MR) is 114 cm³/mol. The minimum Gasteiger partial charge on any atom is -0.379 e. The largest absolute Gasteiger partial charge is 0.379 e. The molecule has 30 heavy (non-hydrogen) atoms. The first-order chi connectivity index (χ1) is 14.3. The van der Waals surface area contributed by atoms with Crippen LogP contribution in [0.5, 0.6) is 0 Å². The summed E-state index contributed by atoms with van der Waals surface area (Å²) in [6, 6.07) is 8.91. The third-order valence-electron chi connectivity index (χ3n) is 4.81. The highest BCUT2D eigenvalue weighted by molar-refractivity contribution is 7.91. The molecule has 0 aliphatic carbocycles. The molecule has 0 radical (unpaired) electrons. The van der Waals surface area contributed by atoms with Gasteiger partial charge in [0.25, 0.3) is 10.0 Å². The van der Waals surface area contributed by atoms with Crippen molar-refractivity contribution in [3.8, 4) is 0 Å². The van der Waals surface area contributed by atoms with Gasteiger partial charge in [-0.15, -0.1) is 11.3 Å². The van der Waals surface area contributed by atoms with Crippen molar-refractivity contribution in [3.63, 3.8) is 0 Å². The quantitative estimate of drug-likeness (QED) is 0.634. The molecule has 2 aromatic rings. The van der Waals surface area contributed by atoms with E-state index in [1.807, 2.05) is 0 Å². The highest BCUT2D eigenvalue weighted by Crippen LogP contribution is 2.27. The molecule has 1 atom stereocenters. The molecule has 0 saturated carbocycles. The lowest BCUT2D eigenvalue weighted by Crippen LogP contribution is -2.45. The van der Waals surface area contributed by atoms with E-state index in [9.17, 15) is 17.6 Å². The van der Waals surface area contributed by atoms with Crippen LogP contribution < -0.4 is 5.32 Å². The van der Waals surface area contributed by atoms with Crippen LogP contribution in [0.15, 0.2) is 40.6 Å². The van der Waals surface area contributed by atoms with Gasteiger partial charge in [-0.1, -0.05) is 23.7 Å². The van der Waals surface area contributed by atoms with Crippen LogP contribution in [0.3, 0.4) is 0 Å². The van der Waals surface area contributed by atoms with Gasteiger partial charge in [0.15, 0.2) is 0 Å². The fourth-order valence-electron chi connectivity index (χ4n) is 3.18. The number of carbonyl (C=O) groups excluding carboxylic acids is 1. The summed E-state index contributed by atoms with van der Waals surface area (Å²) in [5.41, 5.74) is 0.868. The molecule has 1 amide bonds. The van der Waals surface area contributed by atoms with Crippen LogP contribution in [0.4, 0.5) is 4.39 Å². The van der Waals surface area contributed by atoms with Gasteiger partial charge in [-0.25, -0.2) is 12.8 Å². The molecule has 1 aliphatic rings. The molecule has 1 aliphatic heterocycles. The first kappa shape index (κ1) is 23.1. The average Bonchev–Trinajstić information content (AvgIpc) is 3.17. The number of carbonyl (C=O) groups is 1. The summed E-state index contributed by atoms with van der Waals surface area (Å²) in [4.78, 5) is 14.6. The van der Waals surface area contributed by atoms with Crippen molar-refractivity contribution in [2.45, 2.75) is 10.3 Å². The number of hydrogen-bond acceptors (Lipinski definition) is 6. The number of thiophene rings is 1. The van der Waals surface area contributed by atoms with Gasteiger partial charge in [0.05, 0.1) is 30.1 Å². The Labute approximate surface area is 184 Å². The Morgan fingerprint density at radius 3 is 2.53 bits per heavy atom. The lowest BCUT2D eigenvalue weighted by atomic mass is 10.0. The normalized spacial score (nSPS) is 16.5. The van der Waals surface area contributed by atoms with E-state index in [0.717, 1.165) is 21.2 Å². The number of rotatable bonds is 8. The topological polar surface area (TPSA) is 79.0 Å². The van der Waals surface area contributed by atoms with Crippen molar-refractivity contribution in [2.24, 2.45) is 0 Å². The summed E-state index contributed by atoms with van der Waals surface area (Å²) in [7, 11) is -2.44. The Morgan fingerprint density at radius 2 is 1.93 bits per heavy atom.